The van der Waals surface area contributed by atoms with Gasteiger partial charge in [0.15, 0.2) is 0 Å². The van der Waals surface area contributed by atoms with Crippen molar-refractivity contribution >= 4 is 17.8 Å². The van der Waals surface area contributed by atoms with Gasteiger partial charge in [0.25, 0.3) is 5.91 Å². The molecule has 23 heavy (non-hydrogen) atoms. The standard InChI is InChI=1S/C18H21N3O2/c1-13-4-9-17(14(2)10-13)19-12-18(22)21-20-11-15-5-7-16(23-3)8-6-15/h4-11,19H,12H2,1-3H3,(H,21,22)/b20-11-. The Labute approximate surface area is 136 Å². The van der Waals surface area contributed by atoms with E-state index >= 15 is 0 Å². The predicted molar refractivity (Wildman–Crippen MR) is 93.1 cm³/mol. The average molecular weight is 311 g/mol. The number of amides is 1. The van der Waals surface area contributed by atoms with Crippen LogP contribution in [-0.4, -0.2) is 25.8 Å². The zero-order chi connectivity index (χ0) is 16.7. The van der Waals surface area contributed by atoms with Gasteiger partial charge in [0, 0.05) is 5.69 Å². The van der Waals surface area contributed by atoms with E-state index in [0.29, 0.717) is 0 Å². The Morgan fingerprint density at radius 3 is 2.57 bits per heavy atom. The molecule has 5 heteroatoms. The van der Waals surface area contributed by atoms with Crippen LogP contribution in [0.3, 0.4) is 0 Å². The van der Waals surface area contributed by atoms with Crippen molar-refractivity contribution in [2.45, 2.75) is 13.8 Å². The van der Waals surface area contributed by atoms with Crippen LogP contribution in [0, 0.1) is 13.8 Å². The molecular formula is C18H21N3O2. The largest absolute Gasteiger partial charge is 0.497 e. The summed E-state index contributed by atoms with van der Waals surface area (Å²) in [6.45, 7) is 4.22. The number of hydrogen-bond donors (Lipinski definition) is 2. The lowest BCUT2D eigenvalue weighted by Crippen LogP contribution is -2.26. The SMILES string of the molecule is COc1ccc(/C=N\NC(=O)CNc2ccc(C)cc2C)cc1. The topological polar surface area (TPSA) is 62.7 Å². The smallest absolute Gasteiger partial charge is 0.259 e. The molecule has 0 aromatic heterocycles. The number of anilines is 1. The lowest BCUT2D eigenvalue weighted by molar-refractivity contribution is -0.119. The number of methoxy groups -OCH3 is 1. The van der Waals surface area contributed by atoms with Gasteiger partial charge in [-0.05, 0) is 55.3 Å². The number of nitrogens with zero attached hydrogens (tertiary/aromatic N) is 1. The molecule has 0 saturated carbocycles. The van der Waals surface area contributed by atoms with Gasteiger partial charge in [-0.2, -0.15) is 5.10 Å². The van der Waals surface area contributed by atoms with Crippen LogP contribution in [0.2, 0.25) is 0 Å². The molecule has 0 fully saturated rings. The fourth-order valence-corrected chi connectivity index (χ4v) is 2.10. The first kappa shape index (κ1) is 16.5. The van der Waals surface area contributed by atoms with E-state index in [1.54, 1.807) is 13.3 Å². The summed E-state index contributed by atoms with van der Waals surface area (Å²) in [6, 6.07) is 13.5. The molecule has 0 spiro atoms. The molecule has 0 atom stereocenters. The molecule has 2 N–H and O–H groups in total. The second-order valence-corrected chi connectivity index (χ2v) is 5.24. The molecule has 0 aliphatic carbocycles. The molecule has 0 aliphatic rings. The van der Waals surface area contributed by atoms with Crippen LogP contribution in [0.15, 0.2) is 47.6 Å². The summed E-state index contributed by atoms with van der Waals surface area (Å²) in [5, 5.41) is 7.04. The van der Waals surface area contributed by atoms with Crippen molar-refractivity contribution in [2.75, 3.05) is 19.0 Å². The van der Waals surface area contributed by atoms with E-state index in [-0.39, 0.29) is 12.5 Å². The third kappa shape index (κ3) is 5.14. The number of benzene rings is 2. The summed E-state index contributed by atoms with van der Waals surface area (Å²) in [4.78, 5) is 11.8. The predicted octanol–water partition coefficient (Wildman–Crippen LogP) is 2.87. The third-order valence-corrected chi connectivity index (χ3v) is 3.34. The fraction of sp³-hybridized carbons (Fsp3) is 0.222. The van der Waals surface area contributed by atoms with Gasteiger partial charge in [0.1, 0.15) is 5.75 Å². The van der Waals surface area contributed by atoms with Crippen molar-refractivity contribution in [3.8, 4) is 5.75 Å². The van der Waals surface area contributed by atoms with Crippen LogP contribution in [0.4, 0.5) is 5.69 Å². The number of hydrogen-bond acceptors (Lipinski definition) is 4. The van der Waals surface area contributed by atoms with Crippen LogP contribution in [0.5, 0.6) is 5.75 Å². The van der Waals surface area contributed by atoms with Gasteiger partial charge in [-0.15, -0.1) is 0 Å². The summed E-state index contributed by atoms with van der Waals surface area (Å²) in [6.07, 6.45) is 1.59. The monoisotopic (exact) mass is 311 g/mol. The van der Waals surface area contributed by atoms with Crippen molar-refractivity contribution in [3.63, 3.8) is 0 Å². The highest BCUT2D eigenvalue weighted by Gasteiger charge is 2.02. The van der Waals surface area contributed by atoms with Crippen molar-refractivity contribution < 1.29 is 9.53 Å². The van der Waals surface area contributed by atoms with E-state index in [2.05, 4.69) is 21.9 Å². The minimum absolute atomic E-state index is 0.170. The lowest BCUT2D eigenvalue weighted by atomic mass is 10.1. The number of rotatable bonds is 6. The Balaban J connectivity index is 1.81. The zero-order valence-corrected chi connectivity index (χ0v) is 13.6. The molecule has 0 unspecified atom stereocenters. The molecule has 2 aromatic carbocycles. The second-order valence-electron chi connectivity index (χ2n) is 5.24. The van der Waals surface area contributed by atoms with Crippen molar-refractivity contribution in [3.05, 3.63) is 59.2 Å². The molecule has 0 heterocycles. The Morgan fingerprint density at radius 2 is 1.91 bits per heavy atom. The van der Waals surface area contributed by atoms with Gasteiger partial charge in [-0.1, -0.05) is 17.7 Å². The van der Waals surface area contributed by atoms with Crippen LogP contribution >= 0.6 is 0 Å². The van der Waals surface area contributed by atoms with Crippen molar-refractivity contribution in [1.29, 1.82) is 0 Å². The summed E-state index contributed by atoms with van der Waals surface area (Å²) in [5.74, 6) is 0.582. The first-order chi connectivity index (χ1) is 11.1. The van der Waals surface area contributed by atoms with Gasteiger partial charge in [-0.25, -0.2) is 5.43 Å². The Bertz CT molecular complexity index is 694. The maximum atomic E-state index is 11.8. The summed E-state index contributed by atoms with van der Waals surface area (Å²) in [7, 11) is 1.62. The second kappa shape index (κ2) is 7.98. The minimum Gasteiger partial charge on any atom is -0.497 e. The van der Waals surface area contributed by atoms with Crippen LogP contribution in [-0.2, 0) is 4.79 Å². The molecular weight excluding hydrogens is 290 g/mol. The third-order valence-electron chi connectivity index (χ3n) is 3.34. The van der Waals surface area contributed by atoms with E-state index in [1.165, 1.54) is 5.56 Å². The van der Waals surface area contributed by atoms with Gasteiger partial charge in [-0.3, -0.25) is 4.79 Å². The first-order valence-corrected chi connectivity index (χ1v) is 7.35. The molecule has 2 aromatic rings. The Morgan fingerprint density at radius 1 is 1.17 bits per heavy atom. The average Bonchev–Trinajstić information content (AvgIpc) is 2.54. The molecule has 1 amide bonds. The fourth-order valence-electron chi connectivity index (χ4n) is 2.10. The number of ether oxygens (including phenoxy) is 1. The molecule has 0 bridgehead atoms. The van der Waals surface area contributed by atoms with Crippen LogP contribution in [0.1, 0.15) is 16.7 Å². The Hall–Kier alpha value is -2.82. The highest BCUT2D eigenvalue weighted by molar-refractivity contribution is 5.84. The first-order valence-electron chi connectivity index (χ1n) is 7.35. The minimum atomic E-state index is -0.199. The highest BCUT2D eigenvalue weighted by atomic mass is 16.5. The van der Waals surface area contributed by atoms with E-state index in [4.69, 9.17) is 4.74 Å². The van der Waals surface area contributed by atoms with Crippen LogP contribution < -0.4 is 15.5 Å². The number of carbonyl (C=O) groups is 1. The number of hydrazone groups is 1. The maximum absolute atomic E-state index is 11.8. The summed E-state index contributed by atoms with van der Waals surface area (Å²) >= 11 is 0. The quantitative estimate of drug-likeness (QED) is 0.637. The van der Waals surface area contributed by atoms with E-state index in [1.807, 2.05) is 50.2 Å². The summed E-state index contributed by atoms with van der Waals surface area (Å²) in [5.41, 5.74) is 6.64. The van der Waals surface area contributed by atoms with Crippen molar-refractivity contribution in [1.82, 2.24) is 5.43 Å². The van der Waals surface area contributed by atoms with Crippen LogP contribution in [0.25, 0.3) is 0 Å². The zero-order valence-electron chi connectivity index (χ0n) is 13.6. The van der Waals surface area contributed by atoms with E-state index < -0.39 is 0 Å². The highest BCUT2D eigenvalue weighted by Crippen LogP contribution is 2.15. The molecule has 0 radical (unpaired) electrons. The molecule has 5 nitrogen and oxygen atoms in total. The van der Waals surface area contributed by atoms with Gasteiger partial charge < -0.3 is 10.1 Å². The molecule has 0 aliphatic heterocycles. The molecule has 2 rings (SSSR count). The number of carbonyl (C=O) groups excluding carboxylic acids is 1. The van der Waals surface area contributed by atoms with Gasteiger partial charge in [0.05, 0.1) is 19.9 Å². The van der Waals surface area contributed by atoms with E-state index in [0.717, 1.165) is 22.6 Å². The number of nitrogens with one attached hydrogen (secondary N) is 2. The maximum Gasteiger partial charge on any atom is 0.259 e. The number of aryl methyl sites for hydroxylation is 2. The Kier molecular flexibility index (Phi) is 5.74. The normalized spacial score (nSPS) is 10.6. The van der Waals surface area contributed by atoms with Gasteiger partial charge in [0.2, 0.25) is 0 Å². The van der Waals surface area contributed by atoms with E-state index in [9.17, 15) is 4.79 Å². The van der Waals surface area contributed by atoms with Crippen molar-refractivity contribution in [2.24, 2.45) is 5.10 Å². The molecule has 120 valence electrons. The van der Waals surface area contributed by atoms with Gasteiger partial charge >= 0.3 is 0 Å². The molecule has 0 saturated heterocycles. The summed E-state index contributed by atoms with van der Waals surface area (Å²) < 4.78 is 5.08. The lowest BCUT2D eigenvalue weighted by Gasteiger charge is -2.09.